The Morgan fingerprint density at radius 2 is 2.27 bits per heavy atom. The van der Waals surface area contributed by atoms with Crippen molar-refractivity contribution < 1.29 is 9.53 Å². The minimum absolute atomic E-state index is 0.0502. The molecule has 15 heavy (non-hydrogen) atoms. The largest absolute Gasteiger partial charge is 0.392 e. The summed E-state index contributed by atoms with van der Waals surface area (Å²) in [4.78, 5) is 13.7. The third kappa shape index (κ3) is 6.38. The Balaban J connectivity index is 3.90. The second kappa shape index (κ2) is 7.56. The van der Waals surface area contributed by atoms with Crippen LogP contribution in [0.25, 0.3) is 0 Å². The monoisotopic (exact) mass is 233 g/mol. The van der Waals surface area contributed by atoms with E-state index in [-0.39, 0.29) is 11.9 Å². The fraction of sp³-hybridized carbons (Fsp3) is 0.778. The Bertz CT molecular complexity index is 223. The summed E-state index contributed by atoms with van der Waals surface area (Å²) in [5, 5.41) is 2.75. The molecule has 0 aliphatic rings. The van der Waals surface area contributed by atoms with E-state index in [2.05, 4.69) is 5.32 Å². The van der Waals surface area contributed by atoms with E-state index in [0.717, 1.165) is 0 Å². The number of nitrogens with two attached hydrogens (primary N) is 1. The van der Waals surface area contributed by atoms with Gasteiger partial charge < -0.3 is 15.8 Å². The molecular weight excluding hydrogens is 214 g/mol. The maximum Gasteiger partial charge on any atom is 0.237 e. The summed E-state index contributed by atoms with van der Waals surface area (Å²) in [6, 6.07) is -0.247. The van der Waals surface area contributed by atoms with Crippen LogP contribution in [0.1, 0.15) is 6.92 Å². The lowest BCUT2D eigenvalue weighted by Gasteiger charge is -2.23. The summed E-state index contributed by atoms with van der Waals surface area (Å²) < 4.78 is 4.83. The zero-order valence-corrected chi connectivity index (χ0v) is 10.3. The predicted octanol–water partition coefficient (Wildman–Crippen LogP) is -0.645. The lowest BCUT2D eigenvalue weighted by atomic mass is 10.2. The quantitative estimate of drug-likeness (QED) is 0.452. The van der Waals surface area contributed by atoms with Crippen LogP contribution in [0.5, 0.6) is 0 Å². The van der Waals surface area contributed by atoms with Crippen molar-refractivity contribution in [1.29, 1.82) is 0 Å². The molecular formula is C9H19N3O2S. The number of amides is 1. The summed E-state index contributed by atoms with van der Waals surface area (Å²) in [5.41, 5.74) is 5.39. The number of likely N-dealkylation sites (N-methyl/N-ethyl adjacent to an activating group) is 1. The number of thiocarbonyl (C=S) groups is 1. The number of methoxy groups -OCH3 is 1. The van der Waals surface area contributed by atoms with Crippen LogP contribution < -0.4 is 11.1 Å². The van der Waals surface area contributed by atoms with Gasteiger partial charge in [-0.25, -0.2) is 0 Å². The second-order valence-corrected chi connectivity index (χ2v) is 3.87. The number of ether oxygens (including phenoxy) is 1. The van der Waals surface area contributed by atoms with Gasteiger partial charge in [0.05, 0.1) is 17.6 Å². The first-order valence-electron chi connectivity index (χ1n) is 4.74. The third-order valence-electron chi connectivity index (χ3n) is 2.05. The first-order chi connectivity index (χ1) is 6.99. The molecule has 6 heteroatoms. The van der Waals surface area contributed by atoms with Crippen LogP contribution in [-0.2, 0) is 9.53 Å². The summed E-state index contributed by atoms with van der Waals surface area (Å²) in [6.45, 7) is 3.27. The number of rotatable bonds is 7. The van der Waals surface area contributed by atoms with Gasteiger partial charge in [0.1, 0.15) is 0 Å². The molecule has 88 valence electrons. The van der Waals surface area contributed by atoms with Gasteiger partial charge in [0, 0.05) is 20.2 Å². The fourth-order valence-electron chi connectivity index (χ4n) is 1.01. The Labute approximate surface area is 95.9 Å². The van der Waals surface area contributed by atoms with Crippen LogP contribution in [0.2, 0.25) is 0 Å². The van der Waals surface area contributed by atoms with Gasteiger partial charge in [0.2, 0.25) is 5.91 Å². The first kappa shape index (κ1) is 14.3. The van der Waals surface area contributed by atoms with Crippen molar-refractivity contribution in [3.63, 3.8) is 0 Å². The van der Waals surface area contributed by atoms with E-state index in [1.54, 1.807) is 26.0 Å². The normalized spacial score (nSPS) is 12.5. The standard InChI is InChI=1S/C9H19N3O2S/c1-7(12(2)6-8(10)15)9(13)11-4-5-14-3/h7H,4-6H2,1-3H3,(H2,10,15)(H,11,13). The van der Waals surface area contributed by atoms with Gasteiger partial charge in [-0.1, -0.05) is 12.2 Å². The molecule has 0 aromatic heterocycles. The minimum Gasteiger partial charge on any atom is -0.392 e. The molecule has 0 rings (SSSR count). The van der Waals surface area contributed by atoms with E-state index in [9.17, 15) is 4.79 Å². The van der Waals surface area contributed by atoms with Gasteiger partial charge >= 0.3 is 0 Å². The van der Waals surface area contributed by atoms with Gasteiger partial charge in [-0.15, -0.1) is 0 Å². The van der Waals surface area contributed by atoms with Crippen LogP contribution in [0.3, 0.4) is 0 Å². The predicted molar refractivity (Wildman–Crippen MR) is 63.8 cm³/mol. The van der Waals surface area contributed by atoms with E-state index in [4.69, 9.17) is 22.7 Å². The van der Waals surface area contributed by atoms with E-state index < -0.39 is 0 Å². The topological polar surface area (TPSA) is 67.6 Å². The molecule has 0 fully saturated rings. The van der Waals surface area contributed by atoms with Crippen molar-refractivity contribution in [2.24, 2.45) is 5.73 Å². The number of hydrogen-bond donors (Lipinski definition) is 2. The lowest BCUT2D eigenvalue weighted by molar-refractivity contribution is -0.125. The van der Waals surface area contributed by atoms with Gasteiger partial charge in [0.25, 0.3) is 0 Å². The molecule has 0 bridgehead atoms. The van der Waals surface area contributed by atoms with Crippen molar-refractivity contribution in [2.45, 2.75) is 13.0 Å². The van der Waals surface area contributed by atoms with Gasteiger partial charge in [0.15, 0.2) is 0 Å². The molecule has 0 saturated heterocycles. The maximum atomic E-state index is 11.5. The maximum absolute atomic E-state index is 11.5. The Hall–Kier alpha value is -0.720. The Morgan fingerprint density at radius 1 is 1.67 bits per heavy atom. The highest BCUT2D eigenvalue weighted by Gasteiger charge is 2.17. The number of hydrogen-bond acceptors (Lipinski definition) is 4. The van der Waals surface area contributed by atoms with Crippen molar-refractivity contribution >= 4 is 23.1 Å². The van der Waals surface area contributed by atoms with Crippen molar-refractivity contribution in [2.75, 3.05) is 33.9 Å². The van der Waals surface area contributed by atoms with E-state index in [0.29, 0.717) is 24.7 Å². The van der Waals surface area contributed by atoms with Crippen LogP contribution in [0, 0.1) is 0 Å². The highest BCUT2D eigenvalue weighted by molar-refractivity contribution is 7.80. The van der Waals surface area contributed by atoms with Crippen molar-refractivity contribution in [3.05, 3.63) is 0 Å². The molecule has 0 spiro atoms. The molecule has 5 nitrogen and oxygen atoms in total. The Morgan fingerprint density at radius 3 is 2.73 bits per heavy atom. The molecule has 0 saturated carbocycles. The number of carbonyl (C=O) groups excluding carboxylic acids is 1. The molecule has 0 aliphatic heterocycles. The number of nitrogens with one attached hydrogen (secondary N) is 1. The van der Waals surface area contributed by atoms with Gasteiger partial charge in [-0.3, -0.25) is 9.69 Å². The molecule has 1 amide bonds. The second-order valence-electron chi connectivity index (χ2n) is 3.34. The summed E-state index contributed by atoms with van der Waals surface area (Å²) in [7, 11) is 3.40. The SMILES string of the molecule is COCCNC(=O)C(C)N(C)CC(N)=S. The zero-order valence-electron chi connectivity index (χ0n) is 9.45. The third-order valence-corrected chi connectivity index (χ3v) is 2.18. The van der Waals surface area contributed by atoms with Crippen LogP contribution in [0.4, 0.5) is 0 Å². The lowest BCUT2D eigenvalue weighted by Crippen LogP contribution is -2.46. The average Bonchev–Trinajstić information content (AvgIpc) is 2.15. The van der Waals surface area contributed by atoms with E-state index in [1.165, 1.54) is 0 Å². The molecule has 0 aromatic rings. The van der Waals surface area contributed by atoms with E-state index in [1.807, 2.05) is 0 Å². The first-order valence-corrected chi connectivity index (χ1v) is 5.15. The van der Waals surface area contributed by atoms with Gasteiger partial charge in [-0.05, 0) is 14.0 Å². The van der Waals surface area contributed by atoms with Crippen molar-refractivity contribution in [3.8, 4) is 0 Å². The molecule has 0 aliphatic carbocycles. The number of nitrogens with zero attached hydrogens (tertiary/aromatic N) is 1. The highest BCUT2D eigenvalue weighted by Crippen LogP contribution is 1.94. The highest BCUT2D eigenvalue weighted by atomic mass is 32.1. The summed E-state index contributed by atoms with van der Waals surface area (Å²) in [5.74, 6) is -0.0502. The summed E-state index contributed by atoms with van der Waals surface area (Å²) >= 11 is 4.77. The summed E-state index contributed by atoms with van der Waals surface area (Å²) in [6.07, 6.45) is 0. The smallest absolute Gasteiger partial charge is 0.237 e. The number of carbonyl (C=O) groups is 1. The molecule has 0 radical (unpaired) electrons. The van der Waals surface area contributed by atoms with Gasteiger partial charge in [-0.2, -0.15) is 0 Å². The van der Waals surface area contributed by atoms with Crippen LogP contribution >= 0.6 is 12.2 Å². The molecule has 0 aromatic carbocycles. The fourth-order valence-corrected chi connectivity index (χ4v) is 1.21. The zero-order chi connectivity index (χ0) is 11.8. The minimum atomic E-state index is -0.247. The molecule has 0 heterocycles. The van der Waals surface area contributed by atoms with Crippen LogP contribution in [0.15, 0.2) is 0 Å². The molecule has 3 N–H and O–H groups in total. The van der Waals surface area contributed by atoms with Crippen molar-refractivity contribution in [1.82, 2.24) is 10.2 Å². The average molecular weight is 233 g/mol. The van der Waals surface area contributed by atoms with Crippen LogP contribution in [-0.4, -0.2) is 55.7 Å². The molecule has 1 atom stereocenters. The molecule has 1 unspecified atom stereocenters. The Kier molecular flexibility index (Phi) is 7.19. The van der Waals surface area contributed by atoms with E-state index >= 15 is 0 Å².